The molecule has 0 aromatic heterocycles. The summed E-state index contributed by atoms with van der Waals surface area (Å²) in [6.07, 6.45) is 5.79. The van der Waals surface area contributed by atoms with Crippen LogP contribution in [0.2, 0.25) is 0 Å². The third kappa shape index (κ3) is 5.48. The summed E-state index contributed by atoms with van der Waals surface area (Å²) >= 11 is 0. The molecule has 0 bridgehead atoms. The average Bonchev–Trinajstić information content (AvgIpc) is 3.42. The first-order valence-electron chi connectivity index (χ1n) is 13.4. The van der Waals surface area contributed by atoms with Crippen LogP contribution in [-0.2, 0) is 14.4 Å². The highest BCUT2D eigenvalue weighted by atomic mass is 16.2. The number of benzene rings is 1. The lowest BCUT2D eigenvalue weighted by molar-refractivity contribution is -0.145. The summed E-state index contributed by atoms with van der Waals surface area (Å²) in [4.78, 5) is 57.1. The zero-order valence-electron chi connectivity index (χ0n) is 22.0. The molecule has 4 atom stereocenters. The maximum atomic E-state index is 14.0. The van der Waals surface area contributed by atoms with Gasteiger partial charge in [-0.2, -0.15) is 0 Å². The first kappa shape index (κ1) is 26.3. The Morgan fingerprint density at radius 3 is 2.36 bits per heavy atom. The van der Waals surface area contributed by atoms with Gasteiger partial charge in [-0.1, -0.05) is 33.1 Å². The number of carbonyl (C=O) groups excluding carboxylic acids is 4. The first-order chi connectivity index (χ1) is 17.2. The van der Waals surface area contributed by atoms with E-state index in [-0.39, 0.29) is 47.8 Å². The van der Waals surface area contributed by atoms with Gasteiger partial charge in [-0.05, 0) is 55.9 Å². The van der Waals surface area contributed by atoms with Gasteiger partial charge in [-0.25, -0.2) is 0 Å². The fourth-order valence-electron chi connectivity index (χ4n) is 6.01. The fourth-order valence-corrected chi connectivity index (χ4v) is 6.01. The normalized spacial score (nSPS) is 25.1. The van der Waals surface area contributed by atoms with E-state index in [1.165, 1.54) is 0 Å². The van der Waals surface area contributed by atoms with Crippen molar-refractivity contribution < 1.29 is 19.2 Å². The van der Waals surface area contributed by atoms with Gasteiger partial charge in [0.1, 0.15) is 12.1 Å². The quantitative estimate of drug-likeness (QED) is 0.574. The zero-order chi connectivity index (χ0) is 26.0. The van der Waals surface area contributed by atoms with Crippen molar-refractivity contribution in [3.63, 3.8) is 0 Å². The average molecular weight is 497 g/mol. The highest BCUT2D eigenvalue weighted by Gasteiger charge is 2.54. The van der Waals surface area contributed by atoms with Gasteiger partial charge < -0.3 is 20.4 Å². The standard InChI is InChI=1S/C28H40N4O4/c1-17(2)14-22(30-27(35)19-10-12-20(13-11-19)31(3)4)28(36)32-23(15-21-25(32)24(33)16-29-21)26(34)18-8-6-5-7-9-18/h10-13,17-18,21-23,25,29H,5-9,14-16H2,1-4H3,(H,30,35). The van der Waals surface area contributed by atoms with Gasteiger partial charge in [-0.15, -0.1) is 0 Å². The van der Waals surface area contributed by atoms with Crippen LogP contribution in [0.3, 0.4) is 0 Å². The number of hydrogen-bond donors (Lipinski definition) is 2. The Kier molecular flexibility index (Phi) is 8.13. The van der Waals surface area contributed by atoms with E-state index in [1.807, 2.05) is 45.0 Å². The van der Waals surface area contributed by atoms with Gasteiger partial charge in [-0.3, -0.25) is 19.2 Å². The molecule has 2 heterocycles. The Hall–Kier alpha value is -2.74. The van der Waals surface area contributed by atoms with E-state index in [2.05, 4.69) is 10.6 Å². The number of fused-ring (bicyclic) bond motifs is 1. The lowest BCUT2D eigenvalue weighted by atomic mass is 9.83. The van der Waals surface area contributed by atoms with E-state index in [0.29, 0.717) is 18.4 Å². The van der Waals surface area contributed by atoms with Crippen LogP contribution in [0.15, 0.2) is 24.3 Å². The molecule has 2 saturated heterocycles. The Morgan fingerprint density at radius 1 is 1.08 bits per heavy atom. The lowest BCUT2D eigenvalue weighted by Crippen LogP contribution is -2.57. The number of amides is 2. The van der Waals surface area contributed by atoms with E-state index in [9.17, 15) is 19.2 Å². The molecule has 2 amide bonds. The fraction of sp³-hybridized carbons (Fsp3) is 0.643. The number of nitrogens with zero attached hydrogens (tertiary/aromatic N) is 2. The van der Waals surface area contributed by atoms with Crippen LogP contribution in [0.1, 0.15) is 69.2 Å². The first-order valence-corrected chi connectivity index (χ1v) is 13.4. The number of hydrogen-bond acceptors (Lipinski definition) is 6. The lowest BCUT2D eigenvalue weighted by Gasteiger charge is -2.34. The van der Waals surface area contributed by atoms with Gasteiger partial charge in [0, 0.05) is 37.3 Å². The van der Waals surface area contributed by atoms with Crippen LogP contribution < -0.4 is 15.5 Å². The minimum atomic E-state index is -0.806. The van der Waals surface area contributed by atoms with Crippen molar-refractivity contribution in [1.82, 2.24) is 15.5 Å². The molecule has 4 unspecified atom stereocenters. The molecule has 2 N–H and O–H groups in total. The van der Waals surface area contributed by atoms with Crippen LogP contribution >= 0.6 is 0 Å². The monoisotopic (exact) mass is 496 g/mol. The number of Topliss-reactive ketones (excluding diaryl/α,β-unsaturated/α-hetero) is 2. The summed E-state index contributed by atoms with van der Waals surface area (Å²) in [5, 5.41) is 6.15. The minimum Gasteiger partial charge on any atom is -0.378 e. The van der Waals surface area contributed by atoms with Crippen molar-refractivity contribution in [3.8, 4) is 0 Å². The van der Waals surface area contributed by atoms with Gasteiger partial charge >= 0.3 is 0 Å². The molecule has 3 aliphatic rings. The summed E-state index contributed by atoms with van der Waals surface area (Å²) in [6, 6.07) is 4.95. The van der Waals surface area contributed by atoms with Crippen molar-refractivity contribution in [2.45, 2.75) is 83.0 Å². The second-order valence-corrected chi connectivity index (χ2v) is 11.2. The van der Waals surface area contributed by atoms with Crippen molar-refractivity contribution in [2.24, 2.45) is 11.8 Å². The molecule has 1 aromatic carbocycles. The van der Waals surface area contributed by atoms with Gasteiger partial charge in [0.05, 0.1) is 12.6 Å². The predicted octanol–water partition coefficient (Wildman–Crippen LogP) is 2.56. The Morgan fingerprint density at radius 2 is 1.75 bits per heavy atom. The highest BCUT2D eigenvalue weighted by Crippen LogP contribution is 2.35. The number of carbonyl (C=O) groups is 4. The molecule has 8 nitrogen and oxygen atoms in total. The summed E-state index contributed by atoms with van der Waals surface area (Å²) in [5.41, 5.74) is 1.44. The van der Waals surface area contributed by atoms with E-state index in [0.717, 1.165) is 37.8 Å². The Labute approximate surface area is 214 Å². The van der Waals surface area contributed by atoms with Gasteiger partial charge in [0.15, 0.2) is 11.6 Å². The molecule has 2 aliphatic heterocycles. The summed E-state index contributed by atoms with van der Waals surface area (Å²) in [5.74, 6) is -0.538. The molecule has 1 aromatic rings. The number of rotatable bonds is 8. The number of ketones is 2. The van der Waals surface area contributed by atoms with Crippen LogP contribution in [-0.4, -0.2) is 73.1 Å². The molecular formula is C28H40N4O4. The predicted molar refractivity (Wildman–Crippen MR) is 139 cm³/mol. The summed E-state index contributed by atoms with van der Waals surface area (Å²) in [6.45, 7) is 4.21. The second kappa shape index (κ2) is 11.1. The molecular weight excluding hydrogens is 456 g/mol. The molecule has 36 heavy (non-hydrogen) atoms. The molecule has 4 rings (SSSR count). The van der Waals surface area contributed by atoms with Crippen LogP contribution in [0.4, 0.5) is 5.69 Å². The minimum absolute atomic E-state index is 0.0543. The molecule has 1 saturated carbocycles. The van der Waals surface area contributed by atoms with Crippen molar-refractivity contribution >= 4 is 29.1 Å². The van der Waals surface area contributed by atoms with Crippen molar-refractivity contribution in [2.75, 3.05) is 25.5 Å². The largest absolute Gasteiger partial charge is 0.378 e. The number of likely N-dealkylation sites (tertiary alicyclic amines) is 1. The van der Waals surface area contributed by atoms with Gasteiger partial charge in [0.2, 0.25) is 5.91 Å². The SMILES string of the molecule is CC(C)CC(NC(=O)c1ccc(N(C)C)cc1)C(=O)N1C(C(=O)C2CCCCC2)CC2NCC(=O)C21. The van der Waals surface area contributed by atoms with Crippen LogP contribution in [0.25, 0.3) is 0 Å². The van der Waals surface area contributed by atoms with E-state index < -0.39 is 18.1 Å². The van der Waals surface area contributed by atoms with E-state index in [4.69, 9.17) is 0 Å². The Balaban J connectivity index is 1.58. The topological polar surface area (TPSA) is 98.8 Å². The van der Waals surface area contributed by atoms with Crippen molar-refractivity contribution in [1.29, 1.82) is 0 Å². The molecule has 3 fully saturated rings. The summed E-state index contributed by atoms with van der Waals surface area (Å²) in [7, 11) is 3.86. The van der Waals surface area contributed by atoms with Crippen molar-refractivity contribution in [3.05, 3.63) is 29.8 Å². The third-order valence-electron chi connectivity index (χ3n) is 7.91. The molecule has 196 valence electrons. The maximum absolute atomic E-state index is 14.0. The molecule has 0 spiro atoms. The number of nitrogens with one attached hydrogen (secondary N) is 2. The Bertz CT molecular complexity index is 984. The van der Waals surface area contributed by atoms with Gasteiger partial charge in [0.25, 0.3) is 5.91 Å². The van der Waals surface area contributed by atoms with E-state index >= 15 is 0 Å². The molecule has 8 heteroatoms. The van der Waals surface area contributed by atoms with E-state index in [1.54, 1.807) is 17.0 Å². The number of anilines is 1. The van der Waals surface area contributed by atoms with Crippen LogP contribution in [0, 0.1) is 11.8 Å². The highest BCUT2D eigenvalue weighted by molar-refractivity contribution is 6.02. The third-order valence-corrected chi connectivity index (χ3v) is 7.91. The smallest absolute Gasteiger partial charge is 0.251 e. The second-order valence-electron chi connectivity index (χ2n) is 11.2. The molecule has 1 aliphatic carbocycles. The summed E-state index contributed by atoms with van der Waals surface area (Å²) < 4.78 is 0. The molecule has 0 radical (unpaired) electrons. The zero-order valence-corrected chi connectivity index (χ0v) is 22.0. The maximum Gasteiger partial charge on any atom is 0.251 e. The van der Waals surface area contributed by atoms with Crippen LogP contribution in [0.5, 0.6) is 0 Å².